The molecule has 0 fully saturated rings. The van der Waals surface area contributed by atoms with E-state index in [1.54, 1.807) is 12.3 Å². The van der Waals surface area contributed by atoms with Gasteiger partial charge in [0.05, 0.1) is 6.42 Å². The number of amides is 1. The summed E-state index contributed by atoms with van der Waals surface area (Å²) < 4.78 is 0. The van der Waals surface area contributed by atoms with E-state index in [1.807, 2.05) is 5.43 Å². The van der Waals surface area contributed by atoms with Gasteiger partial charge in [-0.2, -0.15) is 5.10 Å². The van der Waals surface area contributed by atoms with Crippen molar-refractivity contribution in [1.29, 1.82) is 0 Å². The van der Waals surface area contributed by atoms with Gasteiger partial charge in [0, 0.05) is 11.9 Å². The SMILES string of the molecule is NNC(=O)Cc1ccn[nH]1. The maximum absolute atomic E-state index is 10.6. The predicted octanol–water partition coefficient (Wildman–Crippen LogP) is -1.06. The normalized spacial score (nSPS) is 9.30. The first kappa shape index (κ1) is 6.76. The zero-order chi connectivity index (χ0) is 7.40. The Kier molecular flexibility index (Phi) is 2.01. The van der Waals surface area contributed by atoms with Crippen LogP contribution in [0.15, 0.2) is 12.3 Å². The highest BCUT2D eigenvalue weighted by molar-refractivity contribution is 5.77. The Morgan fingerprint density at radius 3 is 3.20 bits per heavy atom. The molecule has 1 aromatic heterocycles. The fourth-order valence-corrected chi connectivity index (χ4v) is 0.607. The third-order valence-corrected chi connectivity index (χ3v) is 1.07. The minimum absolute atomic E-state index is 0.232. The molecule has 1 amide bonds. The van der Waals surface area contributed by atoms with Crippen molar-refractivity contribution in [2.45, 2.75) is 6.42 Å². The molecule has 0 bridgehead atoms. The van der Waals surface area contributed by atoms with Crippen molar-refractivity contribution in [3.05, 3.63) is 18.0 Å². The number of nitrogens with one attached hydrogen (secondary N) is 2. The fourth-order valence-electron chi connectivity index (χ4n) is 0.607. The lowest BCUT2D eigenvalue weighted by Crippen LogP contribution is -2.31. The number of hydrogen-bond donors (Lipinski definition) is 3. The molecule has 4 N–H and O–H groups in total. The Bertz CT molecular complexity index is 205. The summed E-state index contributed by atoms with van der Waals surface area (Å²) in [6.07, 6.45) is 1.83. The van der Waals surface area contributed by atoms with Crippen molar-refractivity contribution in [1.82, 2.24) is 15.6 Å². The van der Waals surface area contributed by atoms with Gasteiger partial charge in [0.2, 0.25) is 5.91 Å². The van der Waals surface area contributed by atoms with E-state index in [0.717, 1.165) is 5.69 Å². The van der Waals surface area contributed by atoms with Gasteiger partial charge >= 0.3 is 0 Å². The zero-order valence-corrected chi connectivity index (χ0v) is 5.29. The quantitative estimate of drug-likeness (QED) is 0.278. The predicted molar refractivity (Wildman–Crippen MR) is 34.6 cm³/mol. The topological polar surface area (TPSA) is 83.8 Å². The molecule has 0 saturated heterocycles. The van der Waals surface area contributed by atoms with E-state index >= 15 is 0 Å². The van der Waals surface area contributed by atoms with E-state index in [2.05, 4.69) is 10.2 Å². The second-order valence-electron chi connectivity index (χ2n) is 1.83. The summed E-state index contributed by atoms with van der Waals surface area (Å²) in [5, 5.41) is 6.30. The molecule has 54 valence electrons. The van der Waals surface area contributed by atoms with Crippen LogP contribution in [0.1, 0.15) is 5.69 Å². The van der Waals surface area contributed by atoms with Crippen LogP contribution in [0.4, 0.5) is 0 Å². The van der Waals surface area contributed by atoms with Gasteiger partial charge in [-0.25, -0.2) is 5.84 Å². The molecule has 0 radical (unpaired) electrons. The molecule has 1 aromatic rings. The molecule has 5 nitrogen and oxygen atoms in total. The zero-order valence-electron chi connectivity index (χ0n) is 5.29. The van der Waals surface area contributed by atoms with Gasteiger partial charge in [-0.1, -0.05) is 0 Å². The average molecular weight is 140 g/mol. The summed E-state index contributed by atoms with van der Waals surface area (Å²) in [5.41, 5.74) is 2.77. The third kappa shape index (κ3) is 1.56. The van der Waals surface area contributed by atoms with Crippen LogP contribution in [0.25, 0.3) is 0 Å². The maximum atomic E-state index is 10.6. The van der Waals surface area contributed by atoms with Crippen LogP contribution in [0.3, 0.4) is 0 Å². The molecule has 0 aliphatic heterocycles. The van der Waals surface area contributed by atoms with Crippen molar-refractivity contribution in [3.8, 4) is 0 Å². The summed E-state index contributed by atoms with van der Waals surface area (Å²) in [4.78, 5) is 10.6. The number of hydrazine groups is 1. The molecule has 1 rings (SSSR count). The second-order valence-corrected chi connectivity index (χ2v) is 1.83. The summed E-state index contributed by atoms with van der Waals surface area (Å²) in [6, 6.07) is 1.72. The standard InChI is InChI=1S/C5H8N4O/c6-8-5(10)3-4-1-2-7-9-4/h1-2H,3,6H2,(H,7,9)(H,8,10). The van der Waals surface area contributed by atoms with E-state index < -0.39 is 0 Å². The van der Waals surface area contributed by atoms with E-state index in [9.17, 15) is 4.79 Å². The van der Waals surface area contributed by atoms with Gasteiger partial charge in [-0.3, -0.25) is 15.3 Å². The first-order chi connectivity index (χ1) is 4.83. The van der Waals surface area contributed by atoms with E-state index in [4.69, 9.17) is 5.84 Å². The minimum Gasteiger partial charge on any atom is -0.294 e. The number of hydrogen-bond acceptors (Lipinski definition) is 3. The Balaban J connectivity index is 2.48. The lowest BCUT2D eigenvalue weighted by atomic mass is 10.3. The van der Waals surface area contributed by atoms with Crippen molar-refractivity contribution in [2.75, 3.05) is 0 Å². The Labute approximate surface area is 57.6 Å². The molecule has 0 spiro atoms. The Morgan fingerprint density at radius 1 is 1.90 bits per heavy atom. The molecular weight excluding hydrogens is 132 g/mol. The average Bonchev–Trinajstić information content (AvgIpc) is 2.40. The molecule has 0 unspecified atom stereocenters. The first-order valence-electron chi connectivity index (χ1n) is 2.80. The lowest BCUT2D eigenvalue weighted by Gasteiger charge is -1.93. The van der Waals surface area contributed by atoms with Gasteiger partial charge in [0.1, 0.15) is 0 Å². The summed E-state index contributed by atoms with van der Waals surface area (Å²) in [7, 11) is 0. The highest BCUT2D eigenvalue weighted by Crippen LogP contribution is 1.91. The second kappa shape index (κ2) is 2.98. The van der Waals surface area contributed by atoms with Gasteiger partial charge in [0.25, 0.3) is 0 Å². The van der Waals surface area contributed by atoms with Crippen LogP contribution in [-0.2, 0) is 11.2 Å². The molecule has 1 heterocycles. The van der Waals surface area contributed by atoms with Gasteiger partial charge in [-0.15, -0.1) is 0 Å². The van der Waals surface area contributed by atoms with Crippen molar-refractivity contribution >= 4 is 5.91 Å². The van der Waals surface area contributed by atoms with Crippen LogP contribution >= 0.6 is 0 Å². The molecule has 10 heavy (non-hydrogen) atoms. The molecule has 0 saturated carbocycles. The summed E-state index contributed by atoms with van der Waals surface area (Å²) in [5.74, 6) is 4.62. The van der Waals surface area contributed by atoms with E-state index in [-0.39, 0.29) is 12.3 Å². The number of rotatable bonds is 2. The smallest absolute Gasteiger partial charge is 0.239 e. The lowest BCUT2D eigenvalue weighted by molar-refractivity contribution is -0.120. The highest BCUT2D eigenvalue weighted by atomic mass is 16.2. The van der Waals surface area contributed by atoms with Crippen molar-refractivity contribution in [2.24, 2.45) is 5.84 Å². The molecule has 0 atom stereocenters. The fraction of sp³-hybridized carbons (Fsp3) is 0.200. The van der Waals surface area contributed by atoms with Crippen molar-refractivity contribution < 1.29 is 4.79 Å². The van der Waals surface area contributed by atoms with Crippen LogP contribution in [0.2, 0.25) is 0 Å². The number of H-pyrrole nitrogens is 1. The Morgan fingerprint density at radius 2 is 2.70 bits per heavy atom. The number of nitrogens with two attached hydrogens (primary N) is 1. The van der Waals surface area contributed by atoms with Crippen LogP contribution in [-0.4, -0.2) is 16.1 Å². The number of aromatic nitrogens is 2. The number of carbonyl (C=O) groups excluding carboxylic acids is 1. The Hall–Kier alpha value is -1.36. The van der Waals surface area contributed by atoms with Gasteiger partial charge in [-0.05, 0) is 6.07 Å². The largest absolute Gasteiger partial charge is 0.294 e. The van der Waals surface area contributed by atoms with Crippen LogP contribution in [0.5, 0.6) is 0 Å². The summed E-state index contributed by atoms with van der Waals surface area (Å²) >= 11 is 0. The number of carbonyl (C=O) groups is 1. The van der Waals surface area contributed by atoms with Crippen LogP contribution in [0, 0.1) is 0 Å². The van der Waals surface area contributed by atoms with Gasteiger partial charge in [0.15, 0.2) is 0 Å². The van der Waals surface area contributed by atoms with Gasteiger partial charge < -0.3 is 0 Å². The van der Waals surface area contributed by atoms with Crippen molar-refractivity contribution in [3.63, 3.8) is 0 Å². The minimum atomic E-state index is -0.232. The molecular formula is C5H8N4O. The highest BCUT2D eigenvalue weighted by Gasteiger charge is 1.99. The van der Waals surface area contributed by atoms with Crippen LogP contribution < -0.4 is 11.3 Å². The number of aromatic amines is 1. The number of nitrogens with zero attached hydrogens (tertiary/aromatic N) is 1. The molecule has 0 aliphatic carbocycles. The molecule has 0 aliphatic rings. The third-order valence-electron chi connectivity index (χ3n) is 1.07. The van der Waals surface area contributed by atoms with E-state index in [1.165, 1.54) is 0 Å². The maximum Gasteiger partial charge on any atom is 0.239 e. The summed E-state index contributed by atoms with van der Waals surface area (Å²) in [6.45, 7) is 0. The van der Waals surface area contributed by atoms with E-state index in [0.29, 0.717) is 0 Å². The first-order valence-corrected chi connectivity index (χ1v) is 2.80. The monoisotopic (exact) mass is 140 g/mol. The molecule has 0 aromatic carbocycles. The molecule has 5 heteroatoms.